The molecule has 0 aliphatic heterocycles. The van der Waals surface area contributed by atoms with E-state index in [2.05, 4.69) is 20.3 Å². The first-order chi connectivity index (χ1) is 14.0. The van der Waals surface area contributed by atoms with E-state index in [0.29, 0.717) is 29.2 Å². The number of aromatic nitrogens is 5. The number of aliphatic imine (C=N–C) groups is 1. The molecule has 0 amide bonds. The molecule has 2 heterocycles. The summed E-state index contributed by atoms with van der Waals surface area (Å²) in [6, 6.07) is 13.5. The lowest BCUT2D eigenvalue weighted by molar-refractivity contribution is 0.627. The topological polar surface area (TPSA) is 80.9 Å². The molecule has 4 aromatic rings. The first-order valence-corrected chi connectivity index (χ1v) is 9.06. The lowest BCUT2D eigenvalue weighted by Crippen LogP contribution is -2.19. The fourth-order valence-corrected chi connectivity index (χ4v) is 3.18. The molecule has 0 aliphatic carbocycles. The summed E-state index contributed by atoms with van der Waals surface area (Å²) >= 11 is 0. The summed E-state index contributed by atoms with van der Waals surface area (Å²) in [6.45, 7) is 4.30. The van der Waals surface area contributed by atoms with Gasteiger partial charge in [-0.05, 0) is 55.8 Å². The molecule has 0 bridgehead atoms. The quantitative estimate of drug-likeness (QED) is 0.531. The molecule has 0 saturated carbocycles. The Hall–Kier alpha value is -3.81. The number of hydrogen-bond acceptors (Lipinski definition) is 4. The van der Waals surface area contributed by atoms with Gasteiger partial charge in [0.05, 0.1) is 22.6 Å². The average molecular weight is 390 g/mol. The van der Waals surface area contributed by atoms with E-state index < -0.39 is 0 Å². The van der Waals surface area contributed by atoms with Gasteiger partial charge >= 0.3 is 0 Å². The summed E-state index contributed by atoms with van der Waals surface area (Å²) < 4.78 is 16.4. The lowest BCUT2D eigenvalue weighted by atomic mass is 10.1. The van der Waals surface area contributed by atoms with E-state index in [-0.39, 0.29) is 11.4 Å². The summed E-state index contributed by atoms with van der Waals surface area (Å²) in [5.41, 5.74) is 4.00. The van der Waals surface area contributed by atoms with E-state index in [1.807, 2.05) is 35.8 Å². The second kappa shape index (κ2) is 7.67. The van der Waals surface area contributed by atoms with Crippen LogP contribution in [-0.4, -0.2) is 30.3 Å². The number of H-pyrrole nitrogens is 1. The van der Waals surface area contributed by atoms with Gasteiger partial charge in [0.25, 0.3) is 5.56 Å². The van der Waals surface area contributed by atoms with Gasteiger partial charge < -0.3 is 4.57 Å². The van der Waals surface area contributed by atoms with Crippen molar-refractivity contribution in [3.63, 3.8) is 0 Å². The predicted molar refractivity (Wildman–Crippen MR) is 109 cm³/mol. The zero-order chi connectivity index (χ0) is 20.4. The molecule has 2 aromatic heterocycles. The molecule has 2 aromatic carbocycles. The van der Waals surface area contributed by atoms with Crippen LogP contribution in [-0.2, 0) is 6.54 Å². The standard InChI is InChI=1S/C21H19FN6O/c1-14(25-18-7-3-16(4-8-18)11-27-12-23-24-13-27)20-15(2)26-28(21(20)29)19-9-5-17(22)6-10-19/h3-10,12-13,26H,11H2,1-2H3. The fraction of sp³-hybridized carbons (Fsp3) is 0.143. The Labute approximate surface area is 166 Å². The van der Waals surface area contributed by atoms with Gasteiger partial charge in [0.1, 0.15) is 18.5 Å². The average Bonchev–Trinajstić information content (AvgIpc) is 3.31. The van der Waals surface area contributed by atoms with Gasteiger partial charge in [0, 0.05) is 12.2 Å². The van der Waals surface area contributed by atoms with Crippen LogP contribution in [0.5, 0.6) is 0 Å². The van der Waals surface area contributed by atoms with Crippen molar-refractivity contribution in [3.05, 3.63) is 94.2 Å². The monoisotopic (exact) mass is 390 g/mol. The van der Waals surface area contributed by atoms with Crippen molar-refractivity contribution in [2.24, 2.45) is 4.99 Å². The Morgan fingerprint density at radius 3 is 2.38 bits per heavy atom. The highest BCUT2D eigenvalue weighted by Gasteiger charge is 2.15. The molecule has 146 valence electrons. The predicted octanol–water partition coefficient (Wildman–Crippen LogP) is 3.39. The second-order valence-corrected chi connectivity index (χ2v) is 6.73. The first-order valence-electron chi connectivity index (χ1n) is 9.06. The van der Waals surface area contributed by atoms with Gasteiger partial charge in [-0.15, -0.1) is 10.2 Å². The molecule has 8 heteroatoms. The van der Waals surface area contributed by atoms with Gasteiger partial charge in [-0.2, -0.15) is 0 Å². The minimum absolute atomic E-state index is 0.223. The van der Waals surface area contributed by atoms with E-state index in [1.54, 1.807) is 31.7 Å². The Morgan fingerprint density at radius 1 is 1.07 bits per heavy atom. The summed E-state index contributed by atoms with van der Waals surface area (Å²) in [5, 5.41) is 10.6. The third-order valence-electron chi connectivity index (χ3n) is 4.58. The zero-order valence-electron chi connectivity index (χ0n) is 16.0. The van der Waals surface area contributed by atoms with Gasteiger partial charge in [-0.1, -0.05) is 12.1 Å². The van der Waals surface area contributed by atoms with Crippen LogP contribution >= 0.6 is 0 Å². The van der Waals surface area contributed by atoms with E-state index in [1.165, 1.54) is 16.8 Å². The highest BCUT2D eigenvalue weighted by molar-refractivity contribution is 6.00. The van der Waals surface area contributed by atoms with Crippen LogP contribution in [0.4, 0.5) is 10.1 Å². The molecule has 0 radical (unpaired) electrons. The summed E-state index contributed by atoms with van der Waals surface area (Å²) in [7, 11) is 0. The molecule has 29 heavy (non-hydrogen) atoms. The normalized spacial score (nSPS) is 11.8. The maximum Gasteiger partial charge on any atom is 0.280 e. The zero-order valence-corrected chi connectivity index (χ0v) is 16.0. The summed E-state index contributed by atoms with van der Waals surface area (Å²) in [5.74, 6) is -0.351. The maximum absolute atomic E-state index is 13.2. The maximum atomic E-state index is 13.2. The number of nitrogens with zero attached hydrogens (tertiary/aromatic N) is 5. The number of rotatable bonds is 5. The van der Waals surface area contributed by atoms with Crippen LogP contribution in [0.2, 0.25) is 0 Å². The van der Waals surface area contributed by atoms with Gasteiger partial charge in [0.15, 0.2) is 0 Å². The van der Waals surface area contributed by atoms with Gasteiger partial charge in [0.2, 0.25) is 0 Å². The lowest BCUT2D eigenvalue weighted by Gasteiger charge is -2.03. The number of halogens is 1. The molecule has 0 spiro atoms. The van der Waals surface area contributed by atoms with Crippen LogP contribution in [0.15, 0.2) is 71.0 Å². The molecule has 0 saturated heterocycles. The summed E-state index contributed by atoms with van der Waals surface area (Å²) in [6.07, 6.45) is 3.33. The number of hydrogen-bond donors (Lipinski definition) is 1. The molecule has 0 atom stereocenters. The third-order valence-corrected chi connectivity index (χ3v) is 4.58. The van der Waals surface area contributed by atoms with Crippen molar-refractivity contribution < 1.29 is 4.39 Å². The van der Waals surface area contributed by atoms with Crippen molar-refractivity contribution in [1.82, 2.24) is 24.5 Å². The molecular formula is C21H19FN6O. The Kier molecular flexibility index (Phi) is 4.90. The molecule has 0 unspecified atom stereocenters. The van der Waals surface area contributed by atoms with Crippen LogP contribution in [0, 0.1) is 12.7 Å². The van der Waals surface area contributed by atoms with Crippen LogP contribution in [0.1, 0.15) is 23.7 Å². The summed E-state index contributed by atoms with van der Waals surface area (Å²) in [4.78, 5) is 17.5. The van der Waals surface area contributed by atoms with E-state index in [9.17, 15) is 9.18 Å². The number of nitrogens with one attached hydrogen (secondary N) is 1. The van der Waals surface area contributed by atoms with Crippen molar-refractivity contribution in [2.75, 3.05) is 0 Å². The van der Waals surface area contributed by atoms with Crippen LogP contribution in [0.3, 0.4) is 0 Å². The van der Waals surface area contributed by atoms with Crippen molar-refractivity contribution in [2.45, 2.75) is 20.4 Å². The van der Waals surface area contributed by atoms with Crippen LogP contribution in [0.25, 0.3) is 5.69 Å². The van der Waals surface area contributed by atoms with E-state index >= 15 is 0 Å². The number of aryl methyl sites for hydroxylation is 1. The van der Waals surface area contributed by atoms with Crippen molar-refractivity contribution in [1.29, 1.82) is 0 Å². The van der Waals surface area contributed by atoms with E-state index in [0.717, 1.165) is 11.3 Å². The third kappa shape index (κ3) is 3.91. The van der Waals surface area contributed by atoms with Crippen LogP contribution < -0.4 is 5.56 Å². The Balaban J connectivity index is 1.60. The number of aromatic amines is 1. The Morgan fingerprint density at radius 2 is 1.72 bits per heavy atom. The van der Waals surface area contributed by atoms with Gasteiger partial charge in [-0.25, -0.2) is 9.07 Å². The van der Waals surface area contributed by atoms with Crippen molar-refractivity contribution >= 4 is 11.4 Å². The highest BCUT2D eigenvalue weighted by atomic mass is 19.1. The molecular weight excluding hydrogens is 371 g/mol. The van der Waals surface area contributed by atoms with Gasteiger partial charge in [-0.3, -0.25) is 14.9 Å². The molecule has 0 aliphatic rings. The second-order valence-electron chi connectivity index (χ2n) is 6.73. The highest BCUT2D eigenvalue weighted by Crippen LogP contribution is 2.17. The molecule has 7 nitrogen and oxygen atoms in total. The Bertz CT molecular complexity index is 1200. The van der Waals surface area contributed by atoms with E-state index in [4.69, 9.17) is 0 Å². The number of benzene rings is 2. The first kappa shape index (κ1) is 18.5. The molecule has 4 rings (SSSR count). The fourth-order valence-electron chi connectivity index (χ4n) is 3.18. The molecule has 0 fully saturated rings. The molecule has 1 N–H and O–H groups in total. The smallest absolute Gasteiger partial charge is 0.280 e. The minimum atomic E-state index is -0.351. The van der Waals surface area contributed by atoms with Crippen molar-refractivity contribution in [3.8, 4) is 5.69 Å². The SMILES string of the molecule is CC(=Nc1ccc(Cn2cnnc2)cc1)c1c(C)[nH]n(-c2ccc(F)cc2)c1=O. The largest absolute Gasteiger partial charge is 0.316 e. The minimum Gasteiger partial charge on any atom is -0.316 e.